The largest absolute Gasteiger partial charge is 0.342 e. The zero-order chi connectivity index (χ0) is 67.1. The number of likely N-dealkylation sites (tertiary alicyclic amines) is 6. The monoisotopic (exact) mass is 1390 g/mol. The Bertz CT molecular complexity index is 3700. The van der Waals surface area contributed by atoms with Crippen LogP contribution in [0.25, 0.3) is 10.9 Å². The molecular weight excluding hydrogens is 1300 g/mol. The van der Waals surface area contributed by atoms with Gasteiger partial charge >= 0.3 is 0 Å². The topological polar surface area (TPSA) is 83.5 Å². The SMILES string of the molecule is CC[C@@H]1CN(C2CCN(C(=O)c3ccc4ncccc4c3)CC2)CC[C@@H]1Cc1ccc(Cl)c(Cl)c1.Cc1ccccc1CC(=O)N1CCC(N2CCC(Cc3ccc(Cl)c(Cl)c3)CC2)CC1.Cc1ccccc1CC(=O)N1CCC(N2CCC(Cc3cccc(Cl)c3)CC2)CC1. The summed E-state index contributed by atoms with van der Waals surface area (Å²) in [6, 6.07) is 48.4. The number of aromatic nitrogens is 1. The Labute approximate surface area is 596 Å². The molecule has 2 atom stereocenters. The minimum absolute atomic E-state index is 0.140. The van der Waals surface area contributed by atoms with Gasteiger partial charge in [-0.2, -0.15) is 0 Å². The third kappa shape index (κ3) is 19.7. The van der Waals surface area contributed by atoms with Crippen LogP contribution in [0.4, 0.5) is 0 Å². The lowest BCUT2D eigenvalue weighted by Gasteiger charge is -2.45. The van der Waals surface area contributed by atoms with Crippen molar-refractivity contribution in [3.63, 3.8) is 0 Å². The number of benzene rings is 6. The summed E-state index contributed by atoms with van der Waals surface area (Å²) in [7, 11) is 0. The van der Waals surface area contributed by atoms with E-state index in [1.54, 1.807) is 6.20 Å². The maximum absolute atomic E-state index is 13.2. The molecule has 13 rings (SSSR count). The third-order valence-electron chi connectivity index (χ3n) is 22.1. The van der Waals surface area contributed by atoms with E-state index in [4.69, 9.17) is 58.0 Å². The average Bonchev–Trinajstić information content (AvgIpc) is 0.906. The Balaban J connectivity index is 0.000000147. The maximum Gasteiger partial charge on any atom is 0.253 e. The number of halogens is 5. The summed E-state index contributed by atoms with van der Waals surface area (Å²) >= 11 is 30.7. The molecule has 7 heterocycles. The Hall–Kier alpha value is -5.53. The van der Waals surface area contributed by atoms with E-state index >= 15 is 0 Å². The van der Waals surface area contributed by atoms with Crippen molar-refractivity contribution < 1.29 is 14.4 Å². The molecule has 0 bridgehead atoms. The smallest absolute Gasteiger partial charge is 0.253 e. The second kappa shape index (κ2) is 35.0. The second-order valence-corrected chi connectivity index (χ2v) is 30.3. The number of carbonyl (C=O) groups excluding carboxylic acids is 3. The number of piperidine rings is 6. The Morgan fingerprint density at radius 2 is 0.906 bits per heavy atom. The normalized spacial score (nSPS) is 20.1. The molecule has 0 unspecified atom stereocenters. The van der Waals surface area contributed by atoms with Crippen LogP contribution in [-0.4, -0.2) is 149 Å². The van der Waals surface area contributed by atoms with Gasteiger partial charge in [0.2, 0.25) is 11.8 Å². The lowest BCUT2D eigenvalue weighted by molar-refractivity contribution is -0.133. The molecule has 10 nitrogen and oxygen atoms in total. The molecule has 6 aliphatic heterocycles. The van der Waals surface area contributed by atoms with Crippen LogP contribution in [0.1, 0.15) is 133 Å². The Kier molecular flexibility index (Phi) is 26.1. The van der Waals surface area contributed by atoms with E-state index in [9.17, 15) is 14.4 Å². The standard InChI is InChI=1S/C29H33Cl2N3O.C26H32Cl2N2O.C26H33ClN2O/c1-2-21-19-34(13-9-22(21)16-20-5-7-26(30)27(31)17-20)25-10-14-33(15-11-25)29(35)24-6-8-28-23(18-24)4-3-12-32-28;1-19-4-2-3-5-22(19)18-26(31)30-14-10-23(11-15-30)29-12-8-20(9-13-29)16-21-6-7-24(27)25(28)17-21;1-20-5-2-3-7-23(20)19-26(30)29-15-11-25(12-16-29)28-13-9-21(10-14-28)17-22-6-4-8-24(27)18-22/h3-8,12,17-18,21-22,25H,2,9-11,13-16,19H2,1H3;2-7,17,20,23H,8-16,18H2,1H3;2-8,18,21,25H,9-17,19H2,1H3/t21-,22-;;/m1../s1. The van der Waals surface area contributed by atoms with E-state index in [2.05, 4.69) is 105 Å². The highest BCUT2D eigenvalue weighted by Crippen LogP contribution is 2.36. The quantitative estimate of drug-likeness (QED) is 0.101. The van der Waals surface area contributed by atoms with Gasteiger partial charge in [-0.05, 0) is 260 Å². The molecule has 1 aromatic heterocycles. The molecule has 0 N–H and O–H groups in total. The zero-order valence-electron chi connectivity index (χ0n) is 56.6. The Morgan fingerprint density at radius 1 is 0.427 bits per heavy atom. The first-order chi connectivity index (χ1) is 46.6. The van der Waals surface area contributed by atoms with Gasteiger partial charge in [-0.3, -0.25) is 24.3 Å². The number of fused-ring (bicyclic) bond motifs is 1. The van der Waals surface area contributed by atoms with E-state index < -0.39 is 0 Å². The van der Waals surface area contributed by atoms with Gasteiger partial charge in [0, 0.05) is 86.1 Å². The van der Waals surface area contributed by atoms with Gasteiger partial charge in [-0.15, -0.1) is 0 Å². The van der Waals surface area contributed by atoms with Crippen molar-refractivity contribution in [3.05, 3.63) is 215 Å². The third-order valence-corrected chi connectivity index (χ3v) is 23.9. The van der Waals surface area contributed by atoms with Gasteiger partial charge in [-0.25, -0.2) is 0 Å². The molecule has 7 aromatic rings. The fourth-order valence-corrected chi connectivity index (χ4v) is 17.0. The minimum atomic E-state index is 0.140. The van der Waals surface area contributed by atoms with Crippen molar-refractivity contribution >= 4 is 86.6 Å². The summed E-state index contributed by atoms with van der Waals surface area (Å²) in [4.78, 5) is 57.2. The van der Waals surface area contributed by atoms with Crippen molar-refractivity contribution in [1.29, 1.82) is 0 Å². The fourth-order valence-electron chi connectivity index (χ4n) is 16.1. The van der Waals surface area contributed by atoms with Crippen molar-refractivity contribution in [2.45, 2.75) is 148 Å². The second-order valence-electron chi connectivity index (χ2n) is 28.3. The number of pyridine rings is 1. The number of hydrogen-bond acceptors (Lipinski definition) is 7. The molecule has 6 aromatic carbocycles. The molecule has 3 amide bonds. The molecule has 0 spiro atoms. The molecule has 6 aliphatic rings. The van der Waals surface area contributed by atoms with Gasteiger partial charge in [0.25, 0.3) is 5.91 Å². The van der Waals surface area contributed by atoms with E-state index in [1.807, 2.05) is 89.8 Å². The van der Waals surface area contributed by atoms with Crippen LogP contribution in [0.2, 0.25) is 25.1 Å². The molecule has 96 heavy (non-hydrogen) atoms. The summed E-state index contributed by atoms with van der Waals surface area (Å²) in [5.74, 6) is 3.53. The summed E-state index contributed by atoms with van der Waals surface area (Å²) in [5, 5.41) is 4.41. The number of hydrogen-bond donors (Lipinski definition) is 0. The summed E-state index contributed by atoms with van der Waals surface area (Å²) in [6.07, 6.45) is 20.0. The highest BCUT2D eigenvalue weighted by Gasteiger charge is 2.36. The van der Waals surface area contributed by atoms with Gasteiger partial charge in [-0.1, -0.05) is 150 Å². The molecule has 6 fully saturated rings. The molecular formula is C81H98Cl5N7O3. The Morgan fingerprint density at radius 3 is 1.41 bits per heavy atom. The van der Waals surface area contributed by atoms with Crippen LogP contribution in [-0.2, 0) is 41.7 Å². The number of carbonyl (C=O) groups is 3. The molecule has 6 saturated heterocycles. The van der Waals surface area contributed by atoms with Crippen molar-refractivity contribution in [2.24, 2.45) is 23.7 Å². The van der Waals surface area contributed by atoms with Crippen LogP contribution < -0.4 is 0 Å². The van der Waals surface area contributed by atoms with Crippen molar-refractivity contribution in [1.82, 2.24) is 34.4 Å². The van der Waals surface area contributed by atoms with Gasteiger partial charge in [0.05, 0.1) is 38.4 Å². The first-order valence-corrected chi connectivity index (χ1v) is 37.6. The number of amides is 3. The summed E-state index contributed by atoms with van der Waals surface area (Å²) < 4.78 is 0. The molecule has 0 saturated carbocycles. The van der Waals surface area contributed by atoms with E-state index in [0.29, 0.717) is 68.8 Å². The predicted molar refractivity (Wildman–Crippen MR) is 397 cm³/mol. The maximum atomic E-state index is 13.2. The first-order valence-electron chi connectivity index (χ1n) is 35.7. The molecule has 0 aliphatic carbocycles. The van der Waals surface area contributed by atoms with Crippen LogP contribution in [0.5, 0.6) is 0 Å². The summed E-state index contributed by atoms with van der Waals surface area (Å²) in [6.45, 7) is 18.7. The van der Waals surface area contributed by atoms with E-state index in [1.165, 1.54) is 79.4 Å². The van der Waals surface area contributed by atoms with Crippen LogP contribution in [0, 0.1) is 37.5 Å². The minimum Gasteiger partial charge on any atom is -0.342 e. The lowest BCUT2D eigenvalue weighted by atomic mass is 9.79. The lowest BCUT2D eigenvalue weighted by Crippen LogP contribution is -2.51. The van der Waals surface area contributed by atoms with Gasteiger partial charge < -0.3 is 24.5 Å². The molecule has 0 radical (unpaired) electrons. The van der Waals surface area contributed by atoms with Crippen LogP contribution in [0.15, 0.2) is 146 Å². The number of aryl methyl sites for hydroxylation is 2. The predicted octanol–water partition coefficient (Wildman–Crippen LogP) is 17.7. The van der Waals surface area contributed by atoms with Crippen LogP contribution in [0.3, 0.4) is 0 Å². The van der Waals surface area contributed by atoms with Crippen LogP contribution >= 0.6 is 58.0 Å². The van der Waals surface area contributed by atoms with Gasteiger partial charge in [0.15, 0.2) is 0 Å². The van der Waals surface area contributed by atoms with Crippen molar-refractivity contribution in [2.75, 3.05) is 78.5 Å². The highest BCUT2D eigenvalue weighted by atomic mass is 35.5. The van der Waals surface area contributed by atoms with E-state index in [0.717, 1.165) is 162 Å². The average molecular weight is 1390 g/mol. The first kappa shape index (κ1) is 71.7. The zero-order valence-corrected chi connectivity index (χ0v) is 60.4. The highest BCUT2D eigenvalue weighted by molar-refractivity contribution is 6.42. The molecule has 15 heteroatoms. The number of rotatable bonds is 15. The summed E-state index contributed by atoms with van der Waals surface area (Å²) in [5.41, 5.74) is 10.3. The fraction of sp³-hybridized carbons (Fsp3) is 0.481. The van der Waals surface area contributed by atoms with Crippen molar-refractivity contribution in [3.8, 4) is 0 Å². The van der Waals surface area contributed by atoms with E-state index in [-0.39, 0.29) is 17.7 Å². The molecule has 510 valence electrons. The van der Waals surface area contributed by atoms with Gasteiger partial charge in [0.1, 0.15) is 0 Å². The number of nitrogens with zero attached hydrogens (tertiary/aromatic N) is 7.